The number of esters is 2. The van der Waals surface area contributed by atoms with E-state index in [1.165, 1.54) is 22.1 Å². The first kappa shape index (κ1) is 19.1. The maximum atomic E-state index is 12.1. The molecule has 0 saturated heterocycles. The Bertz CT molecular complexity index is 993. The molecule has 3 rings (SSSR count). The molecule has 0 bridgehead atoms. The second kappa shape index (κ2) is 8.33. The third kappa shape index (κ3) is 4.72. The van der Waals surface area contributed by atoms with E-state index in [1.54, 1.807) is 19.2 Å². The van der Waals surface area contributed by atoms with Gasteiger partial charge in [0.15, 0.2) is 16.5 Å². The second-order valence-corrected chi connectivity index (χ2v) is 7.59. The minimum Gasteiger partial charge on any atom is -0.461 e. The van der Waals surface area contributed by atoms with Crippen LogP contribution in [0.25, 0.3) is 0 Å². The zero-order valence-corrected chi connectivity index (χ0v) is 16.5. The lowest BCUT2D eigenvalue weighted by Gasteiger charge is -1.98. The van der Waals surface area contributed by atoms with Gasteiger partial charge in [0.1, 0.15) is 5.69 Å². The van der Waals surface area contributed by atoms with E-state index in [0.29, 0.717) is 0 Å². The summed E-state index contributed by atoms with van der Waals surface area (Å²) in [4.78, 5) is 47.7. The third-order valence-corrected chi connectivity index (χ3v) is 5.18. The van der Waals surface area contributed by atoms with Crippen LogP contribution in [0.2, 0.25) is 0 Å². The van der Waals surface area contributed by atoms with Gasteiger partial charge in [-0.2, -0.15) is 4.98 Å². The summed E-state index contributed by atoms with van der Waals surface area (Å²) in [7, 11) is 0. The van der Waals surface area contributed by atoms with Gasteiger partial charge in [0.25, 0.3) is 11.1 Å². The maximum Gasteiger partial charge on any atom is 0.365 e. The molecule has 12 heteroatoms. The molecule has 0 aliphatic heterocycles. The van der Waals surface area contributed by atoms with E-state index in [1.807, 2.05) is 0 Å². The number of rotatable bonds is 6. The van der Waals surface area contributed by atoms with Gasteiger partial charge in [-0.3, -0.25) is 10.1 Å². The lowest BCUT2D eigenvalue weighted by molar-refractivity contribution is 0.0517. The molecule has 0 spiro atoms. The summed E-state index contributed by atoms with van der Waals surface area (Å²) in [6.45, 7) is 3.70. The van der Waals surface area contributed by atoms with E-state index in [0.717, 1.165) is 27.7 Å². The van der Waals surface area contributed by atoms with Crippen molar-refractivity contribution in [3.05, 3.63) is 38.2 Å². The number of aryl methyl sites for hydroxylation is 1. The predicted molar refractivity (Wildman–Crippen MR) is 99.9 cm³/mol. The van der Waals surface area contributed by atoms with Gasteiger partial charge in [0.05, 0.1) is 11.6 Å². The number of amides is 1. The molecule has 0 aliphatic rings. The summed E-state index contributed by atoms with van der Waals surface area (Å²) in [6.07, 6.45) is 0. The van der Waals surface area contributed by atoms with Crippen LogP contribution >= 0.6 is 34.0 Å². The van der Waals surface area contributed by atoms with E-state index in [2.05, 4.69) is 20.3 Å². The Labute approximate surface area is 165 Å². The summed E-state index contributed by atoms with van der Waals surface area (Å²) in [5.41, 5.74) is 0.359. The first-order valence-electron chi connectivity index (χ1n) is 7.50. The number of aromatic nitrogens is 3. The highest BCUT2D eigenvalue weighted by atomic mass is 32.1. The zero-order valence-electron chi connectivity index (χ0n) is 14.0. The van der Waals surface area contributed by atoms with Crippen LogP contribution in [0.5, 0.6) is 5.19 Å². The van der Waals surface area contributed by atoms with Crippen molar-refractivity contribution in [1.82, 2.24) is 15.0 Å². The van der Waals surface area contributed by atoms with Crippen molar-refractivity contribution < 1.29 is 23.9 Å². The van der Waals surface area contributed by atoms with E-state index < -0.39 is 17.8 Å². The standard InChI is InChI=1S/C15H12N4O5S3/c1-3-23-12(21)9-6-27-15(18-9)24-13(22)10-5-26-14(17-10)19-11(20)8-4-25-7(2)16-8/h4-6H,3H2,1-2H3,(H,17,19,20). The number of nitrogens with zero attached hydrogens (tertiary/aromatic N) is 3. The van der Waals surface area contributed by atoms with E-state index in [-0.39, 0.29) is 34.0 Å². The molecule has 0 atom stereocenters. The molecule has 1 amide bonds. The van der Waals surface area contributed by atoms with Crippen LogP contribution in [0.1, 0.15) is 43.4 Å². The van der Waals surface area contributed by atoms with E-state index in [9.17, 15) is 14.4 Å². The summed E-state index contributed by atoms with van der Waals surface area (Å²) < 4.78 is 9.92. The fourth-order valence-electron chi connectivity index (χ4n) is 1.79. The highest BCUT2D eigenvalue weighted by molar-refractivity contribution is 7.14. The van der Waals surface area contributed by atoms with Crippen molar-refractivity contribution in [2.45, 2.75) is 13.8 Å². The number of ether oxygens (including phenoxy) is 2. The monoisotopic (exact) mass is 424 g/mol. The molecule has 3 aromatic heterocycles. The van der Waals surface area contributed by atoms with E-state index >= 15 is 0 Å². The molecule has 1 N–H and O–H groups in total. The summed E-state index contributed by atoms with van der Waals surface area (Å²) >= 11 is 3.42. The summed E-state index contributed by atoms with van der Waals surface area (Å²) in [5, 5.41) is 8.10. The van der Waals surface area contributed by atoms with Crippen LogP contribution in [0.15, 0.2) is 16.1 Å². The number of thiazole rings is 3. The fraction of sp³-hybridized carbons (Fsp3) is 0.200. The molecule has 9 nitrogen and oxygen atoms in total. The van der Waals surface area contributed by atoms with Crippen LogP contribution in [0.4, 0.5) is 5.13 Å². The Balaban J connectivity index is 1.61. The van der Waals surface area contributed by atoms with Gasteiger partial charge in [-0.25, -0.2) is 19.6 Å². The van der Waals surface area contributed by atoms with Crippen molar-refractivity contribution in [1.29, 1.82) is 0 Å². The smallest absolute Gasteiger partial charge is 0.365 e. The molecular formula is C15H12N4O5S3. The second-order valence-electron chi connectivity index (χ2n) is 4.85. The lowest BCUT2D eigenvalue weighted by atomic mass is 10.4. The first-order valence-corrected chi connectivity index (χ1v) is 10.1. The van der Waals surface area contributed by atoms with Gasteiger partial charge in [-0.1, -0.05) is 11.3 Å². The number of hydrogen-bond acceptors (Lipinski definition) is 11. The number of carbonyl (C=O) groups excluding carboxylic acids is 3. The minimum absolute atomic E-state index is 0.000382. The van der Waals surface area contributed by atoms with Crippen LogP contribution in [-0.4, -0.2) is 39.4 Å². The first-order chi connectivity index (χ1) is 13.0. The predicted octanol–water partition coefficient (Wildman–Crippen LogP) is 3.01. The number of nitrogens with one attached hydrogen (secondary N) is 1. The van der Waals surface area contributed by atoms with Gasteiger partial charge >= 0.3 is 11.9 Å². The normalized spacial score (nSPS) is 10.4. The molecule has 0 aromatic carbocycles. The van der Waals surface area contributed by atoms with Crippen LogP contribution in [-0.2, 0) is 4.74 Å². The fourth-order valence-corrected chi connectivity index (χ4v) is 3.69. The summed E-state index contributed by atoms with van der Waals surface area (Å²) in [6, 6.07) is 0. The van der Waals surface area contributed by atoms with Crippen molar-refractivity contribution >= 4 is 57.0 Å². The highest BCUT2D eigenvalue weighted by Gasteiger charge is 2.19. The minimum atomic E-state index is -0.749. The van der Waals surface area contributed by atoms with Crippen molar-refractivity contribution in [2.24, 2.45) is 0 Å². The molecule has 0 unspecified atom stereocenters. The van der Waals surface area contributed by atoms with Gasteiger partial charge in [-0.05, 0) is 13.8 Å². The Morgan fingerprint density at radius 2 is 1.67 bits per heavy atom. The van der Waals surface area contributed by atoms with Crippen LogP contribution < -0.4 is 10.1 Å². The largest absolute Gasteiger partial charge is 0.461 e. The molecule has 140 valence electrons. The van der Waals surface area contributed by atoms with Gasteiger partial charge < -0.3 is 9.47 Å². The van der Waals surface area contributed by atoms with Gasteiger partial charge in [-0.15, -0.1) is 22.7 Å². The summed E-state index contributed by atoms with van der Waals surface area (Å²) in [5.74, 6) is -1.75. The molecule has 3 heterocycles. The lowest BCUT2D eigenvalue weighted by Crippen LogP contribution is -2.13. The molecule has 0 saturated carbocycles. The zero-order chi connectivity index (χ0) is 19.4. The Hall–Kier alpha value is -2.70. The topological polar surface area (TPSA) is 120 Å². The van der Waals surface area contributed by atoms with Crippen molar-refractivity contribution in [3.8, 4) is 5.19 Å². The molecule has 0 aliphatic carbocycles. The van der Waals surface area contributed by atoms with Crippen molar-refractivity contribution in [3.63, 3.8) is 0 Å². The SMILES string of the molecule is CCOC(=O)c1csc(OC(=O)c2csc(NC(=O)c3csc(C)n3)n2)n1. The molecule has 27 heavy (non-hydrogen) atoms. The van der Waals surface area contributed by atoms with Gasteiger partial charge in [0, 0.05) is 16.1 Å². The average molecular weight is 424 g/mol. The van der Waals surface area contributed by atoms with Crippen LogP contribution in [0.3, 0.4) is 0 Å². The highest BCUT2D eigenvalue weighted by Crippen LogP contribution is 2.22. The molecule has 3 aromatic rings. The number of hydrogen-bond donors (Lipinski definition) is 1. The van der Waals surface area contributed by atoms with Gasteiger partial charge in [0.2, 0.25) is 0 Å². The Kier molecular flexibility index (Phi) is 5.88. The Morgan fingerprint density at radius 1 is 0.963 bits per heavy atom. The number of anilines is 1. The Morgan fingerprint density at radius 3 is 2.37 bits per heavy atom. The third-order valence-electron chi connectivity index (χ3n) is 2.93. The number of carbonyl (C=O) groups is 3. The molecule has 0 radical (unpaired) electrons. The average Bonchev–Trinajstić information content (AvgIpc) is 3.36. The quantitative estimate of drug-likeness (QED) is 0.600. The molecular weight excluding hydrogens is 412 g/mol. The maximum absolute atomic E-state index is 12.1. The molecule has 0 fully saturated rings. The van der Waals surface area contributed by atoms with Crippen LogP contribution in [0, 0.1) is 6.92 Å². The van der Waals surface area contributed by atoms with E-state index in [4.69, 9.17) is 9.47 Å². The van der Waals surface area contributed by atoms with Crippen molar-refractivity contribution in [2.75, 3.05) is 11.9 Å².